The number of H-pyrrole nitrogens is 1. The van der Waals surface area contributed by atoms with Crippen molar-refractivity contribution in [1.82, 2.24) is 29.9 Å². The van der Waals surface area contributed by atoms with E-state index >= 15 is 0 Å². The van der Waals surface area contributed by atoms with Crippen LogP contribution in [0, 0.1) is 18.3 Å². The van der Waals surface area contributed by atoms with Gasteiger partial charge in [-0.1, -0.05) is 0 Å². The molecule has 0 spiro atoms. The Kier molecular flexibility index (Phi) is 2.81. The number of hydrogen-bond donors (Lipinski definition) is 1. The average Bonchev–Trinajstić information content (AvgIpc) is 2.87. The summed E-state index contributed by atoms with van der Waals surface area (Å²) in [4.78, 5) is 23.7. The van der Waals surface area contributed by atoms with Gasteiger partial charge >= 0.3 is 0 Å². The first-order valence-electron chi connectivity index (χ1n) is 5.34. The molecule has 3 aromatic rings. The minimum Gasteiger partial charge on any atom is -0.341 e. The SMILES string of the molecule is Cc1cc(C#N)nc(Sc2ncnc3nc[nH]c23)n1. The van der Waals surface area contributed by atoms with E-state index < -0.39 is 0 Å². The number of nitriles is 1. The van der Waals surface area contributed by atoms with Crippen molar-refractivity contribution in [2.24, 2.45) is 0 Å². The van der Waals surface area contributed by atoms with Gasteiger partial charge in [0.2, 0.25) is 0 Å². The third kappa shape index (κ3) is 2.23. The first kappa shape index (κ1) is 11.6. The van der Waals surface area contributed by atoms with Gasteiger partial charge < -0.3 is 4.98 Å². The molecule has 3 rings (SSSR count). The maximum Gasteiger partial charge on any atom is 0.195 e. The summed E-state index contributed by atoms with van der Waals surface area (Å²) in [7, 11) is 0. The van der Waals surface area contributed by atoms with Crippen LogP contribution < -0.4 is 0 Å². The summed E-state index contributed by atoms with van der Waals surface area (Å²) < 4.78 is 0. The number of rotatable bonds is 2. The number of nitrogens with zero attached hydrogens (tertiary/aromatic N) is 6. The second-order valence-electron chi connectivity index (χ2n) is 3.67. The number of aryl methyl sites for hydroxylation is 1. The lowest BCUT2D eigenvalue weighted by atomic mass is 10.4. The number of nitrogens with one attached hydrogen (secondary N) is 1. The molecule has 0 radical (unpaired) electrons. The molecule has 0 fully saturated rings. The number of fused-ring (bicyclic) bond motifs is 1. The molecule has 3 aromatic heterocycles. The second kappa shape index (κ2) is 4.62. The van der Waals surface area contributed by atoms with Gasteiger partial charge in [0.1, 0.15) is 28.6 Å². The van der Waals surface area contributed by atoms with Gasteiger partial charge in [-0.05, 0) is 24.8 Å². The fourth-order valence-corrected chi connectivity index (χ4v) is 2.41. The zero-order valence-electron chi connectivity index (χ0n) is 9.82. The van der Waals surface area contributed by atoms with Crippen LogP contribution in [0.4, 0.5) is 0 Å². The average molecular weight is 269 g/mol. The van der Waals surface area contributed by atoms with Crippen LogP contribution in [0.15, 0.2) is 28.9 Å². The van der Waals surface area contributed by atoms with Crippen molar-refractivity contribution in [1.29, 1.82) is 5.26 Å². The Hall–Kier alpha value is -2.53. The molecule has 0 aliphatic heterocycles. The summed E-state index contributed by atoms with van der Waals surface area (Å²) >= 11 is 1.27. The Morgan fingerprint density at radius 1 is 1.26 bits per heavy atom. The molecule has 19 heavy (non-hydrogen) atoms. The maximum absolute atomic E-state index is 8.90. The first-order valence-corrected chi connectivity index (χ1v) is 6.15. The lowest BCUT2D eigenvalue weighted by Gasteiger charge is -2.01. The van der Waals surface area contributed by atoms with Crippen LogP contribution in [0.2, 0.25) is 0 Å². The van der Waals surface area contributed by atoms with Crippen molar-refractivity contribution in [3.05, 3.63) is 30.1 Å². The van der Waals surface area contributed by atoms with Crippen molar-refractivity contribution in [2.75, 3.05) is 0 Å². The molecule has 0 saturated heterocycles. The monoisotopic (exact) mass is 269 g/mol. The fourth-order valence-electron chi connectivity index (χ4n) is 1.55. The highest BCUT2D eigenvalue weighted by Gasteiger charge is 2.10. The van der Waals surface area contributed by atoms with E-state index in [1.54, 1.807) is 12.4 Å². The predicted molar refractivity (Wildman–Crippen MR) is 67.3 cm³/mol. The molecule has 7 nitrogen and oxygen atoms in total. The summed E-state index contributed by atoms with van der Waals surface area (Å²) in [5.74, 6) is 0. The summed E-state index contributed by atoms with van der Waals surface area (Å²) in [5.41, 5.74) is 2.40. The first-order chi connectivity index (χ1) is 9.26. The molecule has 0 aliphatic rings. The number of aromatic amines is 1. The summed E-state index contributed by atoms with van der Waals surface area (Å²) in [6.07, 6.45) is 2.99. The fraction of sp³-hybridized carbons (Fsp3) is 0.0909. The highest BCUT2D eigenvalue weighted by Crippen LogP contribution is 2.27. The molecule has 0 aromatic carbocycles. The smallest absolute Gasteiger partial charge is 0.195 e. The van der Waals surface area contributed by atoms with Crippen LogP contribution in [0.1, 0.15) is 11.4 Å². The van der Waals surface area contributed by atoms with Crippen LogP contribution in [0.3, 0.4) is 0 Å². The van der Waals surface area contributed by atoms with E-state index in [0.29, 0.717) is 21.5 Å². The van der Waals surface area contributed by atoms with E-state index in [1.807, 2.05) is 13.0 Å². The molecule has 0 atom stereocenters. The van der Waals surface area contributed by atoms with Crippen molar-refractivity contribution in [2.45, 2.75) is 17.1 Å². The van der Waals surface area contributed by atoms with E-state index in [9.17, 15) is 0 Å². The van der Waals surface area contributed by atoms with E-state index in [-0.39, 0.29) is 0 Å². The third-order valence-electron chi connectivity index (χ3n) is 2.32. The van der Waals surface area contributed by atoms with Crippen LogP contribution in [0.25, 0.3) is 11.2 Å². The number of aromatic nitrogens is 6. The Labute approximate surface area is 112 Å². The van der Waals surface area contributed by atoms with Gasteiger partial charge in [0.05, 0.1) is 6.33 Å². The molecule has 0 amide bonds. The minimum absolute atomic E-state index is 0.338. The highest BCUT2D eigenvalue weighted by atomic mass is 32.2. The highest BCUT2D eigenvalue weighted by molar-refractivity contribution is 7.99. The largest absolute Gasteiger partial charge is 0.341 e. The normalized spacial score (nSPS) is 10.5. The molecule has 1 N–H and O–H groups in total. The maximum atomic E-state index is 8.90. The minimum atomic E-state index is 0.338. The van der Waals surface area contributed by atoms with Crippen LogP contribution >= 0.6 is 11.8 Å². The molecule has 92 valence electrons. The van der Waals surface area contributed by atoms with Gasteiger partial charge in [-0.3, -0.25) is 0 Å². The van der Waals surface area contributed by atoms with Gasteiger partial charge in [-0.15, -0.1) is 0 Å². The van der Waals surface area contributed by atoms with E-state index in [1.165, 1.54) is 18.1 Å². The van der Waals surface area contributed by atoms with E-state index in [2.05, 4.69) is 29.9 Å². The van der Waals surface area contributed by atoms with Crippen LogP contribution in [-0.2, 0) is 0 Å². The van der Waals surface area contributed by atoms with Crippen LogP contribution in [-0.4, -0.2) is 29.9 Å². The van der Waals surface area contributed by atoms with Gasteiger partial charge in [0, 0.05) is 5.69 Å². The molecule has 0 unspecified atom stereocenters. The van der Waals surface area contributed by atoms with Crippen molar-refractivity contribution < 1.29 is 0 Å². The van der Waals surface area contributed by atoms with E-state index in [4.69, 9.17) is 5.26 Å². The number of imidazole rings is 1. The van der Waals surface area contributed by atoms with Gasteiger partial charge in [0.25, 0.3) is 0 Å². The lowest BCUT2D eigenvalue weighted by Crippen LogP contribution is -1.94. The van der Waals surface area contributed by atoms with Crippen molar-refractivity contribution in [3.63, 3.8) is 0 Å². The molecule has 0 aliphatic carbocycles. The van der Waals surface area contributed by atoms with Crippen LogP contribution in [0.5, 0.6) is 0 Å². The van der Waals surface area contributed by atoms with Crippen molar-refractivity contribution >= 4 is 22.9 Å². The molecule has 8 heteroatoms. The molecular formula is C11H7N7S. The predicted octanol–water partition coefficient (Wildman–Crippen LogP) is 1.47. The van der Waals surface area contributed by atoms with E-state index in [0.717, 1.165) is 11.2 Å². The summed E-state index contributed by atoms with van der Waals surface area (Å²) in [5, 5.41) is 10.1. The Morgan fingerprint density at radius 3 is 3.00 bits per heavy atom. The molecule has 3 heterocycles. The molecular weight excluding hydrogens is 262 g/mol. The molecule has 0 bridgehead atoms. The third-order valence-corrected chi connectivity index (χ3v) is 3.19. The van der Waals surface area contributed by atoms with Gasteiger partial charge in [0.15, 0.2) is 10.8 Å². The van der Waals surface area contributed by atoms with Gasteiger partial charge in [-0.2, -0.15) is 5.26 Å². The standard InChI is InChI=1S/C11H7N7S/c1-6-2-7(3-12)18-11(17-6)19-10-8-9(14-4-13-8)15-5-16-10/h2,4-5H,1H3,(H,13,14,15,16). The second-order valence-corrected chi connectivity index (χ2v) is 4.63. The Bertz CT molecular complexity index is 789. The zero-order valence-corrected chi connectivity index (χ0v) is 10.6. The Morgan fingerprint density at radius 2 is 2.16 bits per heavy atom. The Balaban J connectivity index is 2.04. The van der Waals surface area contributed by atoms with Gasteiger partial charge in [-0.25, -0.2) is 24.9 Å². The zero-order chi connectivity index (χ0) is 13.2. The quantitative estimate of drug-likeness (QED) is 0.555. The summed E-state index contributed by atoms with van der Waals surface area (Å²) in [6, 6.07) is 3.64. The summed E-state index contributed by atoms with van der Waals surface area (Å²) in [6.45, 7) is 1.82. The molecule has 0 saturated carbocycles. The van der Waals surface area contributed by atoms with Crippen molar-refractivity contribution in [3.8, 4) is 6.07 Å². The number of hydrogen-bond acceptors (Lipinski definition) is 7. The topological polar surface area (TPSA) is 104 Å². The lowest BCUT2D eigenvalue weighted by molar-refractivity contribution is 0.915.